The van der Waals surface area contributed by atoms with Crippen LogP contribution < -0.4 is 5.73 Å². The van der Waals surface area contributed by atoms with Crippen molar-refractivity contribution in [3.8, 4) is 0 Å². The van der Waals surface area contributed by atoms with Gasteiger partial charge in [0, 0.05) is 0 Å². The van der Waals surface area contributed by atoms with Crippen molar-refractivity contribution in [3.63, 3.8) is 0 Å². The standard InChI is InChI=1S/C6H13N.CH2O2/c7-5-6-3-1-2-4-6;2-1-3/h6H,1-5,7H2;1H,(H,2,3). The molecule has 1 aliphatic rings. The molecule has 3 heteroatoms. The summed E-state index contributed by atoms with van der Waals surface area (Å²) in [6.45, 7) is 0.667. The summed E-state index contributed by atoms with van der Waals surface area (Å²) in [5.74, 6) is 0.875. The lowest BCUT2D eigenvalue weighted by molar-refractivity contribution is -0.122. The van der Waals surface area contributed by atoms with Gasteiger partial charge >= 0.3 is 0 Å². The predicted octanol–water partition coefficient (Wildman–Crippen LogP) is 0.836. The first-order chi connectivity index (χ1) is 4.85. The highest BCUT2D eigenvalue weighted by atomic mass is 16.3. The molecule has 0 aromatic heterocycles. The molecule has 0 spiro atoms. The molecule has 1 fully saturated rings. The van der Waals surface area contributed by atoms with Crippen LogP contribution in [-0.4, -0.2) is 18.1 Å². The van der Waals surface area contributed by atoms with E-state index < -0.39 is 0 Å². The minimum absolute atomic E-state index is 0.250. The summed E-state index contributed by atoms with van der Waals surface area (Å²) in [5.41, 5.74) is 5.43. The van der Waals surface area contributed by atoms with Gasteiger partial charge in [-0.05, 0) is 25.3 Å². The van der Waals surface area contributed by atoms with Crippen molar-refractivity contribution < 1.29 is 9.90 Å². The van der Waals surface area contributed by atoms with E-state index in [2.05, 4.69) is 0 Å². The van der Waals surface area contributed by atoms with Gasteiger partial charge in [-0.1, -0.05) is 12.8 Å². The molecule has 1 saturated carbocycles. The van der Waals surface area contributed by atoms with Crippen LogP contribution in [0.5, 0.6) is 0 Å². The second-order valence-corrected chi connectivity index (χ2v) is 2.49. The van der Waals surface area contributed by atoms with Gasteiger partial charge in [-0.15, -0.1) is 0 Å². The number of carboxylic acid groups (broad SMARTS) is 1. The van der Waals surface area contributed by atoms with Gasteiger partial charge in [-0.3, -0.25) is 4.79 Å². The third-order valence-electron chi connectivity index (χ3n) is 1.81. The summed E-state index contributed by atoms with van der Waals surface area (Å²) in [6, 6.07) is 0. The number of hydrogen-bond donors (Lipinski definition) is 2. The van der Waals surface area contributed by atoms with Crippen LogP contribution in [0.2, 0.25) is 0 Å². The summed E-state index contributed by atoms with van der Waals surface area (Å²) < 4.78 is 0. The molecule has 10 heavy (non-hydrogen) atoms. The molecule has 1 aliphatic carbocycles. The van der Waals surface area contributed by atoms with Crippen molar-refractivity contribution in [3.05, 3.63) is 0 Å². The van der Waals surface area contributed by atoms with Gasteiger partial charge in [0.05, 0.1) is 0 Å². The predicted molar refractivity (Wildman–Crippen MR) is 39.7 cm³/mol. The van der Waals surface area contributed by atoms with E-state index in [1.807, 2.05) is 0 Å². The Hall–Kier alpha value is -0.570. The molecule has 3 N–H and O–H groups in total. The summed E-state index contributed by atoms with van der Waals surface area (Å²) in [4.78, 5) is 8.36. The second-order valence-electron chi connectivity index (χ2n) is 2.49. The average molecular weight is 145 g/mol. The lowest BCUT2D eigenvalue weighted by atomic mass is 10.1. The summed E-state index contributed by atoms with van der Waals surface area (Å²) in [6.07, 6.45) is 5.61. The molecular formula is C7H15NO2. The molecule has 0 aromatic carbocycles. The van der Waals surface area contributed by atoms with E-state index in [0.29, 0.717) is 0 Å². The smallest absolute Gasteiger partial charge is 0.290 e. The zero-order valence-corrected chi connectivity index (χ0v) is 6.12. The highest BCUT2D eigenvalue weighted by molar-refractivity contribution is 5.32. The monoisotopic (exact) mass is 145 g/mol. The van der Waals surface area contributed by atoms with Crippen molar-refractivity contribution in [2.75, 3.05) is 6.54 Å². The van der Waals surface area contributed by atoms with Crippen LogP contribution in [0.4, 0.5) is 0 Å². The first kappa shape index (κ1) is 9.43. The Morgan fingerprint density at radius 3 is 2.10 bits per heavy atom. The van der Waals surface area contributed by atoms with Gasteiger partial charge in [0.1, 0.15) is 0 Å². The Morgan fingerprint density at radius 2 is 1.90 bits per heavy atom. The lowest BCUT2D eigenvalue weighted by Crippen LogP contribution is -2.09. The molecule has 0 atom stereocenters. The minimum Gasteiger partial charge on any atom is -0.483 e. The highest BCUT2D eigenvalue weighted by Gasteiger charge is 2.11. The molecule has 0 amide bonds. The fraction of sp³-hybridized carbons (Fsp3) is 0.857. The van der Waals surface area contributed by atoms with Crippen molar-refractivity contribution >= 4 is 6.47 Å². The lowest BCUT2D eigenvalue weighted by Gasteiger charge is -1.99. The van der Waals surface area contributed by atoms with E-state index in [-0.39, 0.29) is 6.47 Å². The molecule has 3 nitrogen and oxygen atoms in total. The second kappa shape index (κ2) is 6.55. The van der Waals surface area contributed by atoms with Crippen molar-refractivity contribution in [2.24, 2.45) is 11.7 Å². The molecule has 0 radical (unpaired) electrons. The van der Waals surface area contributed by atoms with E-state index in [1.165, 1.54) is 25.7 Å². The van der Waals surface area contributed by atoms with Crippen molar-refractivity contribution in [1.29, 1.82) is 0 Å². The van der Waals surface area contributed by atoms with Crippen LogP contribution in [0.3, 0.4) is 0 Å². The van der Waals surface area contributed by atoms with Crippen molar-refractivity contribution in [1.82, 2.24) is 0 Å². The fourth-order valence-electron chi connectivity index (χ4n) is 1.25. The van der Waals surface area contributed by atoms with Gasteiger partial charge in [-0.2, -0.15) is 0 Å². The topological polar surface area (TPSA) is 63.3 Å². The summed E-state index contributed by atoms with van der Waals surface area (Å²) in [5, 5.41) is 6.89. The minimum atomic E-state index is -0.250. The van der Waals surface area contributed by atoms with Crippen LogP contribution in [0.1, 0.15) is 25.7 Å². The Kier molecular flexibility index (Phi) is 6.18. The summed E-state index contributed by atoms with van der Waals surface area (Å²) >= 11 is 0. The van der Waals surface area contributed by atoms with E-state index >= 15 is 0 Å². The SMILES string of the molecule is NCC1CCCC1.O=CO. The van der Waals surface area contributed by atoms with Gasteiger partial charge in [-0.25, -0.2) is 0 Å². The Labute approximate surface area is 61.2 Å². The van der Waals surface area contributed by atoms with Crippen LogP contribution in [-0.2, 0) is 4.79 Å². The Balaban J connectivity index is 0.000000236. The van der Waals surface area contributed by atoms with Gasteiger partial charge in [0.2, 0.25) is 0 Å². The number of carbonyl (C=O) groups is 1. The molecule has 0 aromatic rings. The van der Waals surface area contributed by atoms with Gasteiger partial charge in [0.25, 0.3) is 6.47 Å². The van der Waals surface area contributed by atoms with Crippen LogP contribution in [0.15, 0.2) is 0 Å². The molecule has 0 heterocycles. The molecule has 0 unspecified atom stereocenters. The molecule has 0 bridgehead atoms. The maximum Gasteiger partial charge on any atom is 0.290 e. The fourth-order valence-corrected chi connectivity index (χ4v) is 1.25. The zero-order chi connectivity index (χ0) is 7.82. The van der Waals surface area contributed by atoms with E-state index in [0.717, 1.165) is 12.5 Å². The number of nitrogens with two attached hydrogens (primary N) is 1. The van der Waals surface area contributed by atoms with Gasteiger partial charge < -0.3 is 10.8 Å². The average Bonchev–Trinajstić information content (AvgIpc) is 2.39. The van der Waals surface area contributed by atoms with Crippen LogP contribution >= 0.6 is 0 Å². The third kappa shape index (κ3) is 4.32. The van der Waals surface area contributed by atoms with Gasteiger partial charge in [0.15, 0.2) is 0 Å². The quantitative estimate of drug-likeness (QED) is 0.537. The van der Waals surface area contributed by atoms with E-state index in [9.17, 15) is 0 Å². The maximum atomic E-state index is 8.36. The molecule has 60 valence electrons. The first-order valence-corrected chi connectivity index (χ1v) is 3.63. The van der Waals surface area contributed by atoms with E-state index in [4.69, 9.17) is 15.6 Å². The third-order valence-corrected chi connectivity index (χ3v) is 1.81. The normalized spacial score (nSPS) is 17.7. The summed E-state index contributed by atoms with van der Waals surface area (Å²) in [7, 11) is 0. The highest BCUT2D eigenvalue weighted by Crippen LogP contribution is 2.22. The Bertz CT molecular complexity index is 79.7. The number of rotatable bonds is 1. The first-order valence-electron chi connectivity index (χ1n) is 3.63. The van der Waals surface area contributed by atoms with Crippen molar-refractivity contribution in [2.45, 2.75) is 25.7 Å². The zero-order valence-electron chi connectivity index (χ0n) is 6.12. The number of hydrogen-bond acceptors (Lipinski definition) is 2. The molecule has 1 rings (SSSR count). The molecular weight excluding hydrogens is 130 g/mol. The van der Waals surface area contributed by atoms with Crippen LogP contribution in [0, 0.1) is 5.92 Å². The van der Waals surface area contributed by atoms with Crippen LogP contribution in [0.25, 0.3) is 0 Å². The van der Waals surface area contributed by atoms with E-state index in [1.54, 1.807) is 0 Å². The molecule has 0 aliphatic heterocycles. The Morgan fingerprint density at radius 1 is 1.50 bits per heavy atom. The maximum absolute atomic E-state index is 8.36. The largest absolute Gasteiger partial charge is 0.483 e. The molecule has 0 saturated heterocycles.